The molecular weight excluding hydrogens is 259 g/mol. The highest BCUT2D eigenvalue weighted by molar-refractivity contribution is 6.02. The standard InChI is InChI=1S/C14H15FN4O/c15-10-2-1-3-11(8-10)17-14(20)12-9-19-7-6-16-5-4-13(19)18-12/h1-3,8-9,16H,4-7H2,(H,17,20). The Bertz CT molecular complexity index is 614. The van der Waals surface area contributed by atoms with E-state index in [1.54, 1.807) is 18.3 Å². The smallest absolute Gasteiger partial charge is 0.275 e. The van der Waals surface area contributed by atoms with Crippen LogP contribution >= 0.6 is 0 Å². The van der Waals surface area contributed by atoms with Gasteiger partial charge in [0.2, 0.25) is 0 Å². The highest BCUT2D eigenvalue weighted by Crippen LogP contribution is 2.12. The molecule has 2 heterocycles. The first-order valence-electron chi connectivity index (χ1n) is 6.56. The Kier molecular flexibility index (Phi) is 3.47. The number of carbonyl (C=O) groups is 1. The Hall–Kier alpha value is -2.21. The fourth-order valence-electron chi connectivity index (χ4n) is 2.24. The molecule has 1 aromatic carbocycles. The molecule has 0 aliphatic carbocycles. The van der Waals surface area contributed by atoms with E-state index in [9.17, 15) is 9.18 Å². The zero-order valence-electron chi connectivity index (χ0n) is 10.9. The van der Waals surface area contributed by atoms with E-state index in [0.717, 1.165) is 31.9 Å². The highest BCUT2D eigenvalue weighted by atomic mass is 19.1. The van der Waals surface area contributed by atoms with Crippen molar-refractivity contribution in [2.24, 2.45) is 0 Å². The van der Waals surface area contributed by atoms with Crippen molar-refractivity contribution < 1.29 is 9.18 Å². The van der Waals surface area contributed by atoms with Crippen molar-refractivity contribution in [1.82, 2.24) is 14.9 Å². The van der Waals surface area contributed by atoms with Gasteiger partial charge in [0.05, 0.1) is 0 Å². The summed E-state index contributed by atoms with van der Waals surface area (Å²) in [5.41, 5.74) is 0.797. The van der Waals surface area contributed by atoms with E-state index in [2.05, 4.69) is 15.6 Å². The largest absolute Gasteiger partial charge is 0.333 e. The van der Waals surface area contributed by atoms with Crippen molar-refractivity contribution in [2.45, 2.75) is 13.0 Å². The number of rotatable bonds is 2. The SMILES string of the molecule is O=C(Nc1cccc(F)c1)c1cn2c(n1)CCNCC2. The topological polar surface area (TPSA) is 59.0 Å². The Labute approximate surface area is 115 Å². The number of hydrogen-bond donors (Lipinski definition) is 2. The summed E-state index contributed by atoms with van der Waals surface area (Å²) in [6.07, 6.45) is 2.55. The maximum Gasteiger partial charge on any atom is 0.275 e. The van der Waals surface area contributed by atoms with Crippen LogP contribution in [0.15, 0.2) is 30.5 Å². The molecular formula is C14H15FN4O. The summed E-state index contributed by atoms with van der Waals surface area (Å²) in [5, 5.41) is 5.93. The first-order chi connectivity index (χ1) is 9.72. The zero-order chi connectivity index (χ0) is 13.9. The first kappa shape index (κ1) is 12.8. The summed E-state index contributed by atoms with van der Waals surface area (Å²) in [4.78, 5) is 16.5. The lowest BCUT2D eigenvalue weighted by atomic mass is 10.3. The van der Waals surface area contributed by atoms with Gasteiger partial charge >= 0.3 is 0 Å². The van der Waals surface area contributed by atoms with E-state index in [0.29, 0.717) is 11.4 Å². The molecule has 5 nitrogen and oxygen atoms in total. The number of hydrogen-bond acceptors (Lipinski definition) is 3. The molecule has 0 bridgehead atoms. The number of halogens is 1. The van der Waals surface area contributed by atoms with E-state index < -0.39 is 0 Å². The molecule has 2 N–H and O–H groups in total. The number of amides is 1. The minimum Gasteiger partial charge on any atom is -0.333 e. The van der Waals surface area contributed by atoms with Gasteiger partial charge in [-0.1, -0.05) is 6.07 Å². The maximum absolute atomic E-state index is 13.1. The molecule has 0 saturated carbocycles. The fourth-order valence-corrected chi connectivity index (χ4v) is 2.24. The second-order valence-electron chi connectivity index (χ2n) is 4.70. The quantitative estimate of drug-likeness (QED) is 0.870. The lowest BCUT2D eigenvalue weighted by molar-refractivity contribution is 0.102. The predicted molar refractivity (Wildman–Crippen MR) is 73.2 cm³/mol. The van der Waals surface area contributed by atoms with Gasteiger partial charge in [0, 0.05) is 37.9 Å². The monoisotopic (exact) mass is 274 g/mol. The summed E-state index contributed by atoms with van der Waals surface area (Å²) in [6.45, 7) is 2.53. The number of imidazole rings is 1. The molecule has 2 aromatic rings. The van der Waals surface area contributed by atoms with Gasteiger partial charge in [-0.25, -0.2) is 9.37 Å². The van der Waals surface area contributed by atoms with Crippen molar-refractivity contribution in [3.8, 4) is 0 Å². The van der Waals surface area contributed by atoms with Gasteiger partial charge in [-0.05, 0) is 18.2 Å². The Morgan fingerprint density at radius 2 is 2.30 bits per heavy atom. The zero-order valence-corrected chi connectivity index (χ0v) is 10.9. The minimum absolute atomic E-state index is 0.316. The van der Waals surface area contributed by atoms with Crippen LogP contribution in [0.5, 0.6) is 0 Å². The van der Waals surface area contributed by atoms with Gasteiger partial charge in [0.15, 0.2) is 0 Å². The van der Waals surface area contributed by atoms with Crippen LogP contribution in [0.4, 0.5) is 10.1 Å². The molecule has 0 fully saturated rings. The van der Waals surface area contributed by atoms with Crippen molar-refractivity contribution in [2.75, 3.05) is 18.4 Å². The molecule has 0 saturated heterocycles. The molecule has 1 aliphatic rings. The van der Waals surface area contributed by atoms with E-state index >= 15 is 0 Å². The van der Waals surface area contributed by atoms with Crippen LogP contribution in [0.3, 0.4) is 0 Å². The van der Waals surface area contributed by atoms with Gasteiger partial charge < -0.3 is 15.2 Å². The van der Waals surface area contributed by atoms with Gasteiger partial charge in [-0.3, -0.25) is 4.79 Å². The second-order valence-corrected chi connectivity index (χ2v) is 4.70. The van der Waals surface area contributed by atoms with Gasteiger partial charge in [-0.2, -0.15) is 0 Å². The van der Waals surface area contributed by atoms with Crippen molar-refractivity contribution in [3.63, 3.8) is 0 Å². The van der Waals surface area contributed by atoms with Crippen LogP contribution in [0, 0.1) is 5.82 Å². The maximum atomic E-state index is 13.1. The van der Waals surface area contributed by atoms with Crippen molar-refractivity contribution in [1.29, 1.82) is 0 Å². The summed E-state index contributed by atoms with van der Waals surface area (Å²) in [5.74, 6) is 0.207. The van der Waals surface area contributed by atoms with Crippen molar-refractivity contribution in [3.05, 3.63) is 47.8 Å². The van der Waals surface area contributed by atoms with Crippen LogP contribution in [-0.4, -0.2) is 28.5 Å². The van der Waals surface area contributed by atoms with E-state index in [4.69, 9.17) is 0 Å². The molecule has 1 aliphatic heterocycles. The summed E-state index contributed by atoms with van der Waals surface area (Å²) in [7, 11) is 0. The van der Waals surface area contributed by atoms with Gasteiger partial charge in [0.25, 0.3) is 5.91 Å². The lowest BCUT2D eigenvalue weighted by Crippen LogP contribution is -2.18. The molecule has 6 heteroatoms. The normalized spacial score (nSPS) is 14.4. The number of carbonyl (C=O) groups excluding carboxylic acids is 1. The van der Waals surface area contributed by atoms with Crippen LogP contribution in [0.1, 0.15) is 16.3 Å². The number of nitrogens with one attached hydrogen (secondary N) is 2. The highest BCUT2D eigenvalue weighted by Gasteiger charge is 2.15. The van der Waals surface area contributed by atoms with E-state index in [1.807, 2.05) is 4.57 Å². The van der Waals surface area contributed by atoms with Crippen LogP contribution in [0.2, 0.25) is 0 Å². The third-order valence-corrected chi connectivity index (χ3v) is 3.23. The molecule has 1 amide bonds. The van der Waals surface area contributed by atoms with E-state index in [-0.39, 0.29) is 11.7 Å². The predicted octanol–water partition coefficient (Wildman–Crippen LogP) is 1.42. The molecule has 1 aromatic heterocycles. The average Bonchev–Trinajstić information content (AvgIpc) is 2.70. The lowest BCUT2D eigenvalue weighted by Gasteiger charge is -2.03. The average molecular weight is 274 g/mol. The Morgan fingerprint density at radius 1 is 1.40 bits per heavy atom. The fraction of sp³-hybridized carbons (Fsp3) is 0.286. The summed E-state index contributed by atoms with van der Waals surface area (Å²) < 4.78 is 15.1. The molecule has 3 rings (SSSR count). The number of aromatic nitrogens is 2. The third-order valence-electron chi connectivity index (χ3n) is 3.23. The second kappa shape index (κ2) is 5.42. The van der Waals surface area contributed by atoms with Crippen LogP contribution in [-0.2, 0) is 13.0 Å². The van der Waals surface area contributed by atoms with Crippen LogP contribution in [0.25, 0.3) is 0 Å². The van der Waals surface area contributed by atoms with E-state index in [1.165, 1.54) is 12.1 Å². The summed E-state index contributed by atoms with van der Waals surface area (Å²) >= 11 is 0. The van der Waals surface area contributed by atoms with Crippen LogP contribution < -0.4 is 10.6 Å². The number of benzene rings is 1. The molecule has 0 atom stereocenters. The number of nitrogens with zero attached hydrogens (tertiary/aromatic N) is 2. The number of fused-ring (bicyclic) bond motifs is 1. The van der Waals surface area contributed by atoms with Crippen molar-refractivity contribution >= 4 is 11.6 Å². The first-order valence-corrected chi connectivity index (χ1v) is 6.56. The summed E-state index contributed by atoms with van der Waals surface area (Å²) in [6, 6.07) is 5.81. The number of anilines is 1. The van der Waals surface area contributed by atoms with Gasteiger partial charge in [0.1, 0.15) is 17.3 Å². The molecule has 0 spiro atoms. The Morgan fingerprint density at radius 3 is 3.15 bits per heavy atom. The molecule has 0 unspecified atom stereocenters. The van der Waals surface area contributed by atoms with Gasteiger partial charge in [-0.15, -0.1) is 0 Å². The minimum atomic E-state index is -0.380. The molecule has 0 radical (unpaired) electrons. The Balaban J connectivity index is 1.77. The third kappa shape index (κ3) is 2.70. The molecule has 20 heavy (non-hydrogen) atoms. The molecule has 104 valence electrons.